The molecule has 2 amide bonds. The summed E-state index contributed by atoms with van der Waals surface area (Å²) in [6.07, 6.45) is 1.06. The Bertz CT molecular complexity index is 1660. The highest BCUT2D eigenvalue weighted by atomic mass is 16.5. The van der Waals surface area contributed by atoms with Crippen LogP contribution < -0.4 is 19.9 Å². The normalized spacial score (nSPS) is 11.7. The van der Waals surface area contributed by atoms with Crippen LogP contribution in [0.3, 0.4) is 0 Å². The molecule has 0 fully saturated rings. The summed E-state index contributed by atoms with van der Waals surface area (Å²) in [5, 5.41) is 0. The molecule has 1 aliphatic rings. The Morgan fingerprint density at radius 1 is 0.510 bits per heavy atom. The molecule has 4 aromatic carbocycles. The third-order valence-electron chi connectivity index (χ3n) is 8.66. The molecule has 1 heterocycles. The van der Waals surface area contributed by atoms with Crippen LogP contribution in [0.4, 0.5) is 0 Å². The third kappa shape index (κ3) is 10.4. The first-order chi connectivity index (χ1) is 23.3. The lowest BCUT2D eigenvalue weighted by molar-refractivity contribution is 0.0631. The van der Waals surface area contributed by atoms with Crippen molar-refractivity contribution in [3.63, 3.8) is 0 Å². The van der Waals surface area contributed by atoms with Crippen LogP contribution in [-0.2, 0) is 0 Å². The van der Waals surface area contributed by atoms with Gasteiger partial charge < -0.3 is 19.9 Å². The summed E-state index contributed by atoms with van der Waals surface area (Å²) in [6.45, 7) is 23.3. The van der Waals surface area contributed by atoms with E-state index < -0.39 is 0 Å². The van der Waals surface area contributed by atoms with Gasteiger partial charge in [-0.3, -0.25) is 14.5 Å². The van der Waals surface area contributed by atoms with Gasteiger partial charge in [0.2, 0.25) is 0 Å². The Balaban J connectivity index is 0.000000215. The zero-order chi connectivity index (χ0) is 36.2. The van der Waals surface area contributed by atoms with Gasteiger partial charge in [-0.1, -0.05) is 37.3 Å². The molecule has 0 spiro atoms. The number of fused-ring (bicyclic) bond motifs is 1. The Labute approximate surface area is 293 Å². The predicted molar refractivity (Wildman–Crippen MR) is 200 cm³/mol. The number of carbonyl (C=O) groups excluding carboxylic acids is 2. The molecule has 5 rings (SSSR count). The smallest absolute Gasteiger partial charge is 0.261 e. The van der Waals surface area contributed by atoms with E-state index in [-0.39, 0.29) is 25.0 Å². The lowest BCUT2D eigenvalue weighted by Gasteiger charge is -2.16. The molecule has 4 aromatic rings. The molecule has 0 aliphatic carbocycles. The minimum absolute atomic E-state index is 0.244. The number of amides is 2. The number of ether oxygens (including phenoxy) is 3. The zero-order valence-electron chi connectivity index (χ0n) is 31.1. The van der Waals surface area contributed by atoms with Crippen LogP contribution in [-0.4, -0.2) is 49.6 Å². The van der Waals surface area contributed by atoms with Crippen LogP contribution in [0.5, 0.6) is 17.2 Å². The summed E-state index contributed by atoms with van der Waals surface area (Å²) >= 11 is 0. The third-order valence-corrected chi connectivity index (χ3v) is 8.66. The lowest BCUT2D eigenvalue weighted by Crippen LogP contribution is -2.33. The van der Waals surface area contributed by atoms with E-state index in [9.17, 15) is 9.59 Å². The molecule has 7 heteroatoms. The van der Waals surface area contributed by atoms with Crippen LogP contribution in [0, 0.1) is 62.3 Å². The van der Waals surface area contributed by atoms with Crippen LogP contribution in [0.15, 0.2) is 60.7 Å². The molecule has 49 heavy (non-hydrogen) atoms. The van der Waals surface area contributed by atoms with Gasteiger partial charge in [-0.15, -0.1) is 0 Å². The maximum absolute atomic E-state index is 12.3. The van der Waals surface area contributed by atoms with Crippen molar-refractivity contribution in [2.45, 2.75) is 75.7 Å². The molecule has 0 unspecified atom stereocenters. The van der Waals surface area contributed by atoms with Gasteiger partial charge in [0, 0.05) is 6.54 Å². The molecule has 0 aromatic heterocycles. The van der Waals surface area contributed by atoms with E-state index in [0.29, 0.717) is 24.3 Å². The SMILES string of the molecule is CCCOc1cc(C)c(C)cc1C.Cc1cc(C)c(OCCN)cc1C.Cc1cc(C)c(OCCN2C(=O)c3ccccc3C2=O)cc1C. The molecule has 0 saturated heterocycles. The van der Waals surface area contributed by atoms with Crippen molar-refractivity contribution in [1.29, 1.82) is 0 Å². The number of aryl methyl sites for hydroxylation is 9. The van der Waals surface area contributed by atoms with Crippen molar-refractivity contribution in [1.82, 2.24) is 4.90 Å². The Kier molecular flexibility index (Phi) is 14.4. The summed E-state index contributed by atoms with van der Waals surface area (Å²) in [6, 6.07) is 19.5. The van der Waals surface area contributed by atoms with E-state index in [0.717, 1.165) is 41.4 Å². The van der Waals surface area contributed by atoms with Crippen LogP contribution in [0.2, 0.25) is 0 Å². The maximum atomic E-state index is 12.3. The van der Waals surface area contributed by atoms with E-state index in [2.05, 4.69) is 85.7 Å². The van der Waals surface area contributed by atoms with E-state index >= 15 is 0 Å². The van der Waals surface area contributed by atoms with Crippen molar-refractivity contribution in [2.75, 3.05) is 32.9 Å². The van der Waals surface area contributed by atoms with Crippen LogP contribution in [0.1, 0.15) is 84.1 Å². The number of carbonyl (C=O) groups is 2. The number of hydrogen-bond acceptors (Lipinski definition) is 6. The second-order valence-corrected chi connectivity index (χ2v) is 12.7. The lowest BCUT2D eigenvalue weighted by atomic mass is 10.1. The Hall–Kier alpha value is -4.62. The molecule has 2 N–H and O–H groups in total. The van der Waals surface area contributed by atoms with Gasteiger partial charge in [-0.25, -0.2) is 0 Å². The number of hydrogen-bond donors (Lipinski definition) is 1. The van der Waals surface area contributed by atoms with E-state index in [1.807, 2.05) is 19.9 Å². The first kappa shape index (κ1) is 38.8. The summed E-state index contributed by atoms with van der Waals surface area (Å²) in [5.74, 6) is 2.29. The topological polar surface area (TPSA) is 91.1 Å². The highest BCUT2D eigenvalue weighted by Crippen LogP contribution is 2.25. The first-order valence-corrected chi connectivity index (χ1v) is 17.1. The monoisotopic (exact) mass is 666 g/mol. The zero-order valence-corrected chi connectivity index (χ0v) is 31.1. The number of benzene rings is 4. The fourth-order valence-corrected chi connectivity index (χ4v) is 5.34. The van der Waals surface area contributed by atoms with Crippen molar-refractivity contribution < 1.29 is 23.8 Å². The number of nitrogens with zero attached hydrogens (tertiary/aromatic N) is 1. The molecule has 0 bridgehead atoms. The van der Waals surface area contributed by atoms with E-state index in [1.165, 1.54) is 43.8 Å². The molecular weight excluding hydrogens is 612 g/mol. The van der Waals surface area contributed by atoms with Gasteiger partial charge in [0.15, 0.2) is 0 Å². The van der Waals surface area contributed by atoms with Crippen molar-refractivity contribution >= 4 is 11.8 Å². The fraction of sp³-hybridized carbons (Fsp3) is 0.381. The largest absolute Gasteiger partial charge is 0.493 e. The second-order valence-electron chi connectivity index (χ2n) is 12.7. The summed E-state index contributed by atoms with van der Waals surface area (Å²) in [4.78, 5) is 25.8. The van der Waals surface area contributed by atoms with E-state index in [1.54, 1.807) is 24.3 Å². The average molecular weight is 667 g/mol. The second kappa shape index (κ2) is 18.2. The summed E-state index contributed by atoms with van der Waals surface area (Å²) in [5.41, 5.74) is 17.4. The minimum Gasteiger partial charge on any atom is -0.493 e. The first-order valence-electron chi connectivity index (χ1n) is 17.1. The molecule has 0 atom stereocenters. The van der Waals surface area contributed by atoms with E-state index in [4.69, 9.17) is 19.9 Å². The van der Waals surface area contributed by atoms with Gasteiger partial charge in [0.05, 0.1) is 24.3 Å². The van der Waals surface area contributed by atoms with Crippen LogP contribution in [0.25, 0.3) is 0 Å². The van der Waals surface area contributed by atoms with Crippen LogP contribution >= 0.6 is 0 Å². The minimum atomic E-state index is -0.244. The molecule has 1 aliphatic heterocycles. The van der Waals surface area contributed by atoms with Gasteiger partial charge in [0.25, 0.3) is 11.8 Å². The highest BCUT2D eigenvalue weighted by molar-refractivity contribution is 6.21. The quantitative estimate of drug-likeness (QED) is 0.171. The molecule has 0 saturated carbocycles. The van der Waals surface area contributed by atoms with Crippen molar-refractivity contribution in [3.05, 3.63) is 122 Å². The predicted octanol–water partition coefficient (Wildman–Crippen LogP) is 8.64. The number of rotatable bonds is 10. The van der Waals surface area contributed by atoms with Gasteiger partial charge in [-0.2, -0.15) is 0 Å². The standard InChI is InChI=1S/C19H19NO3.C12H18O.C11H17NO/c1-12-10-14(3)17(11-13(12)2)23-9-8-20-18(21)15-6-4-5-7-16(15)19(20)22;1-5-6-13-12-8-10(3)9(2)7-11(12)4;1-8-6-10(3)11(7-9(8)2)13-5-4-12/h4-7,10-11H,8-9H2,1-3H3;7-8H,5-6H2,1-4H3;6-7H,4-5,12H2,1-3H3. The highest BCUT2D eigenvalue weighted by Gasteiger charge is 2.34. The average Bonchev–Trinajstić information content (AvgIpc) is 3.31. The number of imide groups is 1. The number of nitrogens with two attached hydrogens (primary N) is 1. The molecule has 262 valence electrons. The van der Waals surface area contributed by atoms with Crippen molar-refractivity contribution in [2.24, 2.45) is 5.73 Å². The molecule has 7 nitrogen and oxygen atoms in total. The molecule has 0 radical (unpaired) electrons. The van der Waals surface area contributed by atoms with Gasteiger partial charge in [-0.05, 0) is 149 Å². The fourth-order valence-electron chi connectivity index (χ4n) is 5.34. The maximum Gasteiger partial charge on any atom is 0.261 e. The summed E-state index contributed by atoms with van der Waals surface area (Å²) in [7, 11) is 0. The van der Waals surface area contributed by atoms with Gasteiger partial charge in [0.1, 0.15) is 30.5 Å². The Morgan fingerprint density at radius 3 is 1.22 bits per heavy atom. The Morgan fingerprint density at radius 2 is 0.857 bits per heavy atom. The molecular formula is C42H54N2O5. The summed E-state index contributed by atoms with van der Waals surface area (Å²) < 4.78 is 16.9. The van der Waals surface area contributed by atoms with Crippen molar-refractivity contribution in [3.8, 4) is 17.2 Å². The van der Waals surface area contributed by atoms with Gasteiger partial charge >= 0.3 is 0 Å².